The number of oxime groups is 1. The SMILES string of the molecule is CON=C(C(=O)NC1C(=O)N2C(C(=O)O)=C(CO)CS[C@@H]12)c1nsc(N)n1. The van der Waals surface area contributed by atoms with Crippen LogP contribution in [0.1, 0.15) is 5.82 Å². The van der Waals surface area contributed by atoms with E-state index in [1.54, 1.807) is 0 Å². The second-order valence-electron chi connectivity index (χ2n) is 5.36. The lowest BCUT2D eigenvalue weighted by Crippen LogP contribution is -2.71. The van der Waals surface area contributed by atoms with Crippen LogP contribution < -0.4 is 11.1 Å². The highest BCUT2D eigenvalue weighted by Gasteiger charge is 2.54. The Bertz CT molecular complexity index is 867. The van der Waals surface area contributed by atoms with E-state index in [0.717, 1.165) is 16.4 Å². The van der Waals surface area contributed by atoms with E-state index in [0.29, 0.717) is 0 Å². The highest BCUT2D eigenvalue weighted by Crippen LogP contribution is 2.40. The minimum Gasteiger partial charge on any atom is -0.477 e. The molecule has 2 amide bonds. The molecule has 27 heavy (non-hydrogen) atoms. The molecule has 12 nitrogen and oxygen atoms in total. The number of carbonyl (C=O) groups is 3. The molecule has 3 heterocycles. The summed E-state index contributed by atoms with van der Waals surface area (Å²) in [6.07, 6.45) is 0. The van der Waals surface area contributed by atoms with E-state index in [9.17, 15) is 24.6 Å². The number of aliphatic carboxylic acids is 1. The molecule has 1 aromatic heterocycles. The van der Waals surface area contributed by atoms with Crippen LogP contribution in [-0.2, 0) is 19.2 Å². The number of fused-ring (bicyclic) bond motifs is 1. The van der Waals surface area contributed by atoms with Crippen molar-refractivity contribution in [1.29, 1.82) is 0 Å². The smallest absolute Gasteiger partial charge is 0.352 e. The molecule has 2 aliphatic heterocycles. The number of carbonyl (C=O) groups excluding carboxylic acids is 2. The molecule has 1 fully saturated rings. The van der Waals surface area contributed by atoms with Crippen molar-refractivity contribution in [3.63, 3.8) is 0 Å². The quantitative estimate of drug-likeness (QED) is 0.236. The number of thioether (sulfide) groups is 1. The number of carboxylic acid groups (broad SMARTS) is 1. The van der Waals surface area contributed by atoms with E-state index in [1.807, 2.05) is 0 Å². The molecule has 0 spiro atoms. The molecular weight excluding hydrogens is 400 g/mol. The average Bonchev–Trinajstić information content (AvgIpc) is 3.08. The van der Waals surface area contributed by atoms with Gasteiger partial charge < -0.3 is 26.1 Å². The summed E-state index contributed by atoms with van der Waals surface area (Å²) >= 11 is 2.10. The number of nitrogens with one attached hydrogen (secondary N) is 1. The highest BCUT2D eigenvalue weighted by molar-refractivity contribution is 8.00. The van der Waals surface area contributed by atoms with Gasteiger partial charge in [0.1, 0.15) is 24.2 Å². The Morgan fingerprint density at radius 3 is 2.81 bits per heavy atom. The van der Waals surface area contributed by atoms with Gasteiger partial charge in [0.25, 0.3) is 11.8 Å². The summed E-state index contributed by atoms with van der Waals surface area (Å²) in [5.74, 6) is -2.51. The second kappa shape index (κ2) is 7.50. The number of aromatic nitrogens is 2. The summed E-state index contributed by atoms with van der Waals surface area (Å²) < 4.78 is 3.88. The van der Waals surface area contributed by atoms with Crippen molar-refractivity contribution in [2.75, 3.05) is 25.2 Å². The molecule has 1 aromatic rings. The molecule has 0 radical (unpaired) electrons. The molecule has 0 aliphatic carbocycles. The van der Waals surface area contributed by atoms with E-state index >= 15 is 0 Å². The van der Waals surface area contributed by atoms with Gasteiger partial charge in [-0.1, -0.05) is 5.16 Å². The number of nitrogen functional groups attached to an aromatic ring is 1. The minimum absolute atomic E-state index is 0.0505. The van der Waals surface area contributed by atoms with Gasteiger partial charge in [0, 0.05) is 17.3 Å². The van der Waals surface area contributed by atoms with Crippen LogP contribution in [0.4, 0.5) is 5.13 Å². The number of β-lactam (4-membered cyclic amide) rings is 1. The van der Waals surface area contributed by atoms with E-state index in [4.69, 9.17) is 5.73 Å². The lowest BCUT2D eigenvalue weighted by Gasteiger charge is -2.49. The topological polar surface area (TPSA) is 180 Å². The third-order valence-electron chi connectivity index (χ3n) is 3.78. The predicted molar refractivity (Wildman–Crippen MR) is 94.6 cm³/mol. The molecular formula is C13H14N6O6S2. The van der Waals surface area contributed by atoms with Crippen molar-refractivity contribution in [3.8, 4) is 0 Å². The lowest BCUT2D eigenvalue weighted by atomic mass is 10.0. The summed E-state index contributed by atoms with van der Waals surface area (Å²) in [4.78, 5) is 45.9. The van der Waals surface area contributed by atoms with Crippen molar-refractivity contribution in [1.82, 2.24) is 19.6 Å². The summed E-state index contributed by atoms with van der Waals surface area (Å²) in [6, 6.07) is -0.963. The molecule has 0 saturated carbocycles. The van der Waals surface area contributed by atoms with Gasteiger partial charge in [-0.15, -0.1) is 11.8 Å². The van der Waals surface area contributed by atoms with Crippen molar-refractivity contribution in [2.24, 2.45) is 5.16 Å². The first-order chi connectivity index (χ1) is 12.9. The first-order valence-corrected chi connectivity index (χ1v) is 9.23. The molecule has 0 bridgehead atoms. The Hall–Kier alpha value is -2.71. The van der Waals surface area contributed by atoms with Gasteiger partial charge in [-0.3, -0.25) is 14.5 Å². The zero-order chi connectivity index (χ0) is 19.7. The summed E-state index contributed by atoms with van der Waals surface area (Å²) in [5.41, 5.74) is 5.23. The minimum atomic E-state index is -1.31. The third kappa shape index (κ3) is 3.33. The first-order valence-electron chi connectivity index (χ1n) is 7.41. The number of nitrogens with zero attached hydrogens (tertiary/aromatic N) is 4. The number of nitrogens with two attached hydrogens (primary N) is 1. The van der Waals surface area contributed by atoms with Gasteiger partial charge in [-0.2, -0.15) is 9.36 Å². The van der Waals surface area contributed by atoms with Crippen LogP contribution in [0.2, 0.25) is 0 Å². The van der Waals surface area contributed by atoms with E-state index in [2.05, 4.69) is 24.7 Å². The number of amides is 2. The maximum Gasteiger partial charge on any atom is 0.352 e. The number of carboxylic acids is 1. The van der Waals surface area contributed by atoms with Crippen molar-refractivity contribution in [3.05, 3.63) is 17.1 Å². The normalized spacial score (nSPS) is 22.2. The number of aliphatic hydroxyl groups excluding tert-OH is 1. The summed E-state index contributed by atoms with van der Waals surface area (Å²) in [5, 5.41) is 24.2. The monoisotopic (exact) mass is 414 g/mol. The van der Waals surface area contributed by atoms with Crippen LogP contribution in [-0.4, -0.2) is 78.9 Å². The predicted octanol–water partition coefficient (Wildman–Crippen LogP) is -1.80. The van der Waals surface area contributed by atoms with Crippen LogP contribution in [0, 0.1) is 0 Å². The Kier molecular flexibility index (Phi) is 5.29. The molecule has 1 saturated heterocycles. The number of anilines is 1. The molecule has 3 rings (SSSR count). The molecule has 2 atom stereocenters. The lowest BCUT2D eigenvalue weighted by molar-refractivity contribution is -0.150. The van der Waals surface area contributed by atoms with E-state index in [-0.39, 0.29) is 33.7 Å². The number of hydrogen-bond acceptors (Lipinski definition) is 11. The largest absolute Gasteiger partial charge is 0.477 e. The third-order valence-corrected chi connectivity index (χ3v) is 5.66. The molecule has 2 aliphatic rings. The van der Waals surface area contributed by atoms with Crippen LogP contribution in [0.25, 0.3) is 0 Å². The van der Waals surface area contributed by atoms with Gasteiger partial charge in [0.05, 0.1) is 6.61 Å². The van der Waals surface area contributed by atoms with E-state index < -0.39 is 35.8 Å². The van der Waals surface area contributed by atoms with Crippen LogP contribution >= 0.6 is 23.3 Å². The van der Waals surface area contributed by atoms with E-state index in [1.165, 1.54) is 18.9 Å². The van der Waals surface area contributed by atoms with Crippen LogP contribution in [0.3, 0.4) is 0 Å². The van der Waals surface area contributed by atoms with Gasteiger partial charge in [-0.05, 0) is 5.57 Å². The molecule has 144 valence electrons. The highest BCUT2D eigenvalue weighted by atomic mass is 32.2. The molecule has 0 aromatic carbocycles. The molecule has 1 unspecified atom stereocenters. The van der Waals surface area contributed by atoms with Gasteiger partial charge in [0.2, 0.25) is 11.5 Å². The van der Waals surface area contributed by atoms with Gasteiger partial charge in [-0.25, -0.2) is 4.79 Å². The first kappa shape index (κ1) is 19.1. The Labute approximate surface area is 160 Å². The number of hydrogen-bond donors (Lipinski definition) is 4. The second-order valence-corrected chi connectivity index (χ2v) is 7.24. The number of rotatable bonds is 6. The van der Waals surface area contributed by atoms with Crippen molar-refractivity contribution < 1.29 is 29.4 Å². The average molecular weight is 414 g/mol. The van der Waals surface area contributed by atoms with Crippen molar-refractivity contribution in [2.45, 2.75) is 11.4 Å². The Morgan fingerprint density at radius 1 is 1.52 bits per heavy atom. The Morgan fingerprint density at radius 2 is 2.26 bits per heavy atom. The standard InChI is InChI=1S/C13H14N6O6S2/c1-25-17-5(8-16-13(14)27-18-8)9(21)15-6-10(22)19-7(12(23)24)4(2-20)3-26-11(6)19/h6,11,20H,2-3H2,1H3,(H,15,21)(H,23,24)(H2,14,16,18)/t6?,11-/m0/s1. The maximum atomic E-state index is 12.5. The van der Waals surface area contributed by atoms with Crippen molar-refractivity contribution >= 4 is 51.9 Å². The van der Waals surface area contributed by atoms with Crippen LogP contribution in [0.15, 0.2) is 16.4 Å². The summed E-state index contributed by atoms with van der Waals surface area (Å²) in [6.45, 7) is -0.469. The summed E-state index contributed by atoms with van der Waals surface area (Å²) in [7, 11) is 1.23. The van der Waals surface area contributed by atoms with Gasteiger partial charge >= 0.3 is 5.97 Å². The molecule has 5 N–H and O–H groups in total. The zero-order valence-electron chi connectivity index (χ0n) is 13.8. The Balaban J connectivity index is 1.79. The zero-order valence-corrected chi connectivity index (χ0v) is 15.4. The maximum absolute atomic E-state index is 12.5. The van der Waals surface area contributed by atoms with Crippen LogP contribution in [0.5, 0.6) is 0 Å². The van der Waals surface area contributed by atoms with Gasteiger partial charge in [0.15, 0.2) is 5.13 Å². The number of aliphatic hydroxyl groups is 1. The fourth-order valence-corrected chi connectivity index (χ4v) is 4.39. The molecule has 14 heteroatoms. The fraction of sp³-hybridized carbons (Fsp3) is 0.385. The fourth-order valence-electron chi connectivity index (χ4n) is 2.62.